The largest absolute Gasteiger partial charge is 0 e. The number of hydrogen-bond donors (Lipinski definition) is 0. The van der Waals surface area contributed by atoms with Crippen LogP contribution in [0.1, 0.15) is 13.8 Å². The first-order chi connectivity index (χ1) is 13.5. The molecule has 0 aromatic carbocycles. The number of allylic oxidation sites excluding steroid dienone is 4. The summed E-state index contributed by atoms with van der Waals surface area (Å²) in [6.45, 7) is 16.8. The minimum Gasteiger partial charge on any atom is 0 e. The Labute approximate surface area is 178 Å². The predicted molar refractivity (Wildman–Crippen MR) is 88.4 cm³/mol. The molecule has 0 saturated heterocycles. The van der Waals surface area contributed by atoms with Gasteiger partial charge in [-0.3, -0.25) is 4.79 Å². The molecular formula is C18H18FeO10. The zero-order valence-electron chi connectivity index (χ0n) is 15.7. The maximum atomic E-state index is 11.7. The summed E-state index contributed by atoms with van der Waals surface area (Å²) in [4.78, 5) is 45.7. The summed E-state index contributed by atoms with van der Waals surface area (Å²) in [5.74, 6) is -3.09. The van der Waals surface area contributed by atoms with Crippen LogP contribution in [-0.2, 0) is 64.4 Å². The third kappa shape index (κ3) is 23.0. The van der Waals surface area contributed by atoms with E-state index in [0.29, 0.717) is 0 Å². The molecule has 0 aromatic heterocycles. The molecule has 11 heteroatoms. The first kappa shape index (κ1) is 36.9. The Hall–Kier alpha value is -2.96. The number of carbonyl (C=O) groups excluding carboxylic acids is 4. The van der Waals surface area contributed by atoms with Crippen molar-refractivity contribution in [3.8, 4) is 0 Å². The standard InChI is InChI=1S/C15H18O7.3CO.Fe/c1-4-21-14(18)12(15(19)22-5-2)10-11(16)8-6-7-9-13(17)20-3;3*1-2;/h6-10H,4-5H2,1-3H3;;;;/b8-6+,9-7+;;;;. The monoisotopic (exact) mass is 450 g/mol. The van der Waals surface area contributed by atoms with Gasteiger partial charge < -0.3 is 14.2 Å². The van der Waals surface area contributed by atoms with Gasteiger partial charge in [0.15, 0.2) is 5.78 Å². The molecule has 0 atom stereocenters. The molecule has 0 rings (SSSR count). The molecule has 0 N–H and O–H groups in total. The van der Waals surface area contributed by atoms with Gasteiger partial charge in [-0.15, -0.1) is 0 Å². The molecule has 0 heterocycles. The molecule has 0 aliphatic carbocycles. The van der Waals surface area contributed by atoms with Crippen molar-refractivity contribution in [2.45, 2.75) is 13.8 Å². The maximum absolute atomic E-state index is 11.7. The van der Waals surface area contributed by atoms with Crippen molar-refractivity contribution in [2.24, 2.45) is 0 Å². The van der Waals surface area contributed by atoms with Crippen LogP contribution in [0.15, 0.2) is 36.0 Å². The van der Waals surface area contributed by atoms with Gasteiger partial charge in [0.2, 0.25) is 0 Å². The van der Waals surface area contributed by atoms with Gasteiger partial charge >= 0.3 is 51.8 Å². The van der Waals surface area contributed by atoms with Gasteiger partial charge in [0.1, 0.15) is 5.57 Å². The van der Waals surface area contributed by atoms with Gasteiger partial charge in [-0.05, 0) is 19.9 Å². The molecule has 0 fully saturated rings. The number of ether oxygens (including phenoxy) is 3. The van der Waals surface area contributed by atoms with E-state index in [9.17, 15) is 19.2 Å². The van der Waals surface area contributed by atoms with Crippen LogP contribution >= 0.6 is 0 Å². The molecule has 0 unspecified atom stereocenters. The number of methoxy groups -OCH3 is 1. The van der Waals surface area contributed by atoms with Crippen LogP contribution in [0.3, 0.4) is 0 Å². The third-order valence-electron chi connectivity index (χ3n) is 2.08. The summed E-state index contributed by atoms with van der Waals surface area (Å²) in [5, 5.41) is 0. The van der Waals surface area contributed by atoms with E-state index < -0.39 is 29.3 Å². The molecule has 0 bridgehead atoms. The van der Waals surface area contributed by atoms with E-state index in [4.69, 9.17) is 14.0 Å². The molecule has 10 nitrogen and oxygen atoms in total. The van der Waals surface area contributed by atoms with Gasteiger partial charge in [-0.25, -0.2) is 14.4 Å². The second-order valence-corrected chi connectivity index (χ2v) is 3.64. The molecule has 0 aromatic rings. The van der Waals surface area contributed by atoms with Crippen LogP contribution in [-0.4, -0.2) is 44.0 Å². The van der Waals surface area contributed by atoms with Crippen molar-refractivity contribution < 1.29 is 64.4 Å². The molecule has 0 aliphatic rings. The molecule has 158 valence electrons. The predicted octanol–water partition coefficient (Wildman–Crippen LogP) is 0.778. The number of hydrogen-bond acceptors (Lipinski definition) is 7. The van der Waals surface area contributed by atoms with Crippen molar-refractivity contribution in [2.75, 3.05) is 20.3 Å². The van der Waals surface area contributed by atoms with E-state index in [0.717, 1.165) is 18.2 Å². The Morgan fingerprint density at radius 3 is 1.52 bits per heavy atom. The van der Waals surface area contributed by atoms with E-state index >= 15 is 0 Å². The fraction of sp³-hybridized carbons (Fsp3) is 0.278. The molecule has 29 heavy (non-hydrogen) atoms. The van der Waals surface area contributed by atoms with E-state index in [1.165, 1.54) is 19.3 Å². The maximum Gasteiger partial charge on any atom is 0 e. The van der Waals surface area contributed by atoms with Crippen molar-refractivity contribution in [1.82, 2.24) is 0 Å². The van der Waals surface area contributed by atoms with Gasteiger partial charge in [0, 0.05) is 29.2 Å². The second kappa shape index (κ2) is 29.8. The van der Waals surface area contributed by atoms with E-state index in [-0.39, 0.29) is 30.3 Å². The normalized spacial score (nSPS) is 8.03. The van der Waals surface area contributed by atoms with Crippen LogP contribution in [0, 0.1) is 20.0 Å². The molecule has 0 spiro atoms. The molecule has 0 aliphatic heterocycles. The van der Waals surface area contributed by atoms with Crippen LogP contribution in [0.2, 0.25) is 0 Å². The quantitative estimate of drug-likeness (QED) is 0.0609. The minimum atomic E-state index is -0.937. The van der Waals surface area contributed by atoms with Crippen molar-refractivity contribution in [3.63, 3.8) is 0 Å². The summed E-state index contributed by atoms with van der Waals surface area (Å²) in [6.07, 6.45) is 5.54. The number of ketones is 1. The van der Waals surface area contributed by atoms with E-state index in [1.807, 2.05) is 0 Å². The summed E-state index contributed by atoms with van der Waals surface area (Å²) < 4.78 is 36.2. The first-order valence-corrected chi connectivity index (χ1v) is 7.10. The van der Waals surface area contributed by atoms with Crippen molar-refractivity contribution >= 4 is 23.7 Å². The Morgan fingerprint density at radius 1 is 0.793 bits per heavy atom. The third-order valence-corrected chi connectivity index (χ3v) is 2.08. The number of rotatable bonds is 8. The average molecular weight is 450 g/mol. The summed E-state index contributed by atoms with van der Waals surface area (Å²) in [6, 6.07) is 0. The molecule has 0 amide bonds. The smallest absolute Gasteiger partial charge is 0 e. The Balaban J connectivity index is -0.000000249. The van der Waals surface area contributed by atoms with Gasteiger partial charge in [0.05, 0.1) is 20.3 Å². The van der Waals surface area contributed by atoms with Crippen LogP contribution in [0.4, 0.5) is 0 Å². The van der Waals surface area contributed by atoms with Crippen LogP contribution < -0.4 is 0 Å². The summed E-state index contributed by atoms with van der Waals surface area (Å²) in [5.41, 5.74) is -0.490. The van der Waals surface area contributed by atoms with Crippen molar-refractivity contribution in [3.05, 3.63) is 55.9 Å². The molecule has 0 radical (unpaired) electrons. The first-order valence-electron chi connectivity index (χ1n) is 7.10. The molecular weight excluding hydrogens is 432 g/mol. The zero-order chi connectivity index (χ0) is 23.0. The Morgan fingerprint density at radius 2 is 1.17 bits per heavy atom. The SMILES string of the molecule is CCOC(=O)C(=CC(=O)/C=C/C=C/C(=O)OC)C(=O)OCC.[C-]#[O+].[C-]#[O+].[C-]#[O+].[Fe]. The van der Waals surface area contributed by atoms with Gasteiger partial charge in [-0.1, -0.05) is 12.2 Å². The Kier molecular flexibility index (Phi) is 37.9. The van der Waals surface area contributed by atoms with E-state index in [1.54, 1.807) is 13.8 Å². The minimum absolute atomic E-state index is 0. The number of esters is 3. The average Bonchev–Trinajstić information content (AvgIpc) is 2.73. The van der Waals surface area contributed by atoms with Crippen molar-refractivity contribution in [1.29, 1.82) is 0 Å². The van der Waals surface area contributed by atoms with Crippen LogP contribution in [0.5, 0.6) is 0 Å². The van der Waals surface area contributed by atoms with E-state index in [2.05, 4.69) is 34.2 Å². The van der Waals surface area contributed by atoms with Gasteiger partial charge in [-0.2, -0.15) is 0 Å². The Bertz CT molecular complexity index is 604. The van der Waals surface area contributed by atoms with Crippen LogP contribution in [0.25, 0.3) is 0 Å². The molecule has 0 saturated carbocycles. The number of carbonyl (C=O) groups is 4. The fourth-order valence-electron chi connectivity index (χ4n) is 1.16. The summed E-state index contributed by atoms with van der Waals surface area (Å²) in [7, 11) is 1.22. The van der Waals surface area contributed by atoms with Gasteiger partial charge in [0.25, 0.3) is 0 Å². The fourth-order valence-corrected chi connectivity index (χ4v) is 1.16. The second-order valence-electron chi connectivity index (χ2n) is 3.64. The topological polar surface area (TPSA) is 156 Å². The summed E-state index contributed by atoms with van der Waals surface area (Å²) >= 11 is 0. The zero-order valence-corrected chi connectivity index (χ0v) is 16.8.